The molecule has 0 amide bonds. The van der Waals surface area contributed by atoms with E-state index in [0.29, 0.717) is 10.8 Å². The quantitative estimate of drug-likeness (QED) is 0.492. The van der Waals surface area contributed by atoms with Crippen molar-refractivity contribution < 1.29 is 0 Å². The van der Waals surface area contributed by atoms with E-state index in [9.17, 15) is 9.59 Å². The lowest BCUT2D eigenvalue weighted by Gasteiger charge is -1.89. The van der Waals surface area contributed by atoms with Crippen LogP contribution >= 0.6 is 12.2 Å². The van der Waals surface area contributed by atoms with Gasteiger partial charge in [-0.3, -0.25) is 15.0 Å². The highest BCUT2D eigenvalue weighted by Crippen LogP contribution is 2.01. The lowest BCUT2D eigenvalue weighted by Crippen LogP contribution is -2.37. The number of fused-ring (bicyclic) bond motifs is 1. The van der Waals surface area contributed by atoms with Crippen molar-refractivity contribution >= 4 is 28.1 Å². The van der Waals surface area contributed by atoms with Crippen LogP contribution in [-0.2, 0) is 0 Å². The predicted molar refractivity (Wildman–Crippen MR) is 64.3 cm³/mol. The maximum absolute atomic E-state index is 11.7. The first-order valence-corrected chi connectivity index (χ1v) is 4.83. The van der Waals surface area contributed by atoms with E-state index < -0.39 is 10.9 Å². The third-order valence-corrected chi connectivity index (χ3v) is 2.22. The van der Waals surface area contributed by atoms with Crippen LogP contribution in [-0.4, -0.2) is 5.11 Å². The minimum absolute atomic E-state index is 0.0935. The van der Waals surface area contributed by atoms with E-state index in [1.54, 1.807) is 24.3 Å². The molecule has 3 N–H and O–H groups in total. The predicted octanol–water partition coefficient (Wildman–Crippen LogP) is -0.915. The zero-order valence-electron chi connectivity index (χ0n) is 8.06. The Morgan fingerprint density at radius 2 is 1.69 bits per heavy atom. The van der Waals surface area contributed by atoms with Gasteiger partial charge in [0.25, 0.3) is 0 Å². The van der Waals surface area contributed by atoms with Crippen molar-refractivity contribution in [3.63, 3.8) is 0 Å². The highest BCUT2D eigenvalue weighted by atomic mass is 32.1. The summed E-state index contributed by atoms with van der Waals surface area (Å²) in [7, 11) is 0. The van der Waals surface area contributed by atoms with Crippen LogP contribution in [0.2, 0.25) is 0 Å². The van der Waals surface area contributed by atoms with Crippen molar-refractivity contribution in [1.29, 1.82) is 0 Å². The summed E-state index contributed by atoms with van der Waals surface area (Å²) >= 11 is 4.53. The lowest BCUT2D eigenvalue weighted by atomic mass is 10.2. The zero-order valence-corrected chi connectivity index (χ0v) is 8.88. The van der Waals surface area contributed by atoms with E-state index in [1.807, 2.05) is 0 Å². The number of rotatable bonds is 1. The Bertz CT molecular complexity index is 664. The van der Waals surface area contributed by atoms with Gasteiger partial charge in [-0.05, 0) is 12.2 Å². The summed E-state index contributed by atoms with van der Waals surface area (Å²) in [5, 5.41) is 4.04. The average molecular weight is 233 g/mol. The minimum atomic E-state index is -0.413. The Balaban J connectivity index is 2.82. The second-order valence-electron chi connectivity index (χ2n) is 3.14. The maximum atomic E-state index is 11.7. The molecule has 0 aromatic heterocycles. The molecule has 0 heterocycles. The Hall–Kier alpha value is -2.08. The van der Waals surface area contributed by atoms with Crippen molar-refractivity contribution in [2.24, 2.45) is 10.8 Å². The molecule has 16 heavy (non-hydrogen) atoms. The van der Waals surface area contributed by atoms with Gasteiger partial charge in [0.1, 0.15) is 0 Å². The first-order chi connectivity index (χ1) is 7.61. The van der Waals surface area contributed by atoms with Crippen molar-refractivity contribution in [1.82, 2.24) is 5.43 Å². The van der Waals surface area contributed by atoms with Gasteiger partial charge >= 0.3 is 0 Å². The molecule has 0 aliphatic heterocycles. The van der Waals surface area contributed by atoms with E-state index in [0.717, 1.165) is 0 Å². The van der Waals surface area contributed by atoms with E-state index >= 15 is 0 Å². The highest BCUT2D eigenvalue weighted by Gasteiger charge is 2.09. The zero-order chi connectivity index (χ0) is 11.7. The second-order valence-corrected chi connectivity index (χ2v) is 3.58. The summed E-state index contributed by atoms with van der Waals surface area (Å²) in [4.78, 5) is 23.5. The molecule has 5 nitrogen and oxygen atoms in total. The largest absolute Gasteiger partial charge is 0.375 e. The summed E-state index contributed by atoms with van der Waals surface area (Å²) in [6, 6.07) is 6.54. The molecule has 0 saturated carbocycles. The number of nitrogens with one attached hydrogen (secondary N) is 1. The van der Waals surface area contributed by atoms with Gasteiger partial charge in [-0.15, -0.1) is 0 Å². The summed E-state index contributed by atoms with van der Waals surface area (Å²) in [5.41, 5.74) is 6.57. The fraction of sp³-hybridized carbons (Fsp3) is 0. The lowest BCUT2D eigenvalue weighted by molar-refractivity contribution is 0.963. The third kappa shape index (κ3) is 1.59. The molecule has 0 aliphatic carbocycles. The van der Waals surface area contributed by atoms with Gasteiger partial charge in [0.05, 0.1) is 0 Å². The fourth-order valence-electron chi connectivity index (χ4n) is 1.45. The van der Waals surface area contributed by atoms with Crippen molar-refractivity contribution in [2.45, 2.75) is 0 Å². The molecule has 6 heteroatoms. The molecule has 0 unspecified atom stereocenters. The molecule has 0 atom stereocenters. The van der Waals surface area contributed by atoms with Crippen LogP contribution in [0.3, 0.4) is 0 Å². The Morgan fingerprint density at radius 3 is 2.12 bits per heavy atom. The van der Waals surface area contributed by atoms with E-state index in [-0.39, 0.29) is 10.5 Å². The molecule has 0 fully saturated rings. The molecule has 0 saturated heterocycles. The van der Waals surface area contributed by atoms with E-state index in [1.165, 1.54) is 0 Å². The topological polar surface area (TPSA) is 84.5 Å². The summed E-state index contributed by atoms with van der Waals surface area (Å²) < 4.78 is 0. The monoisotopic (exact) mass is 233 g/mol. The summed E-state index contributed by atoms with van der Waals surface area (Å²) in [6.07, 6.45) is 0. The first-order valence-electron chi connectivity index (χ1n) is 4.43. The van der Waals surface area contributed by atoms with Gasteiger partial charge < -0.3 is 5.73 Å². The summed E-state index contributed by atoms with van der Waals surface area (Å²) in [6.45, 7) is 0. The molecule has 2 rings (SSSR count). The number of nitrogens with zero attached hydrogens (tertiary/aromatic N) is 1. The molecule has 0 spiro atoms. The SMILES string of the molecule is NC(=S)NN=c1c(=O)c2ccccc2c1=O. The van der Waals surface area contributed by atoms with E-state index in [2.05, 4.69) is 22.7 Å². The standard InChI is InChI=1S/C10H7N3O2S/c11-10(16)13-12-7-8(14)5-3-1-2-4-6(5)9(7)15/h1-4H,(H3,11,13,16). The Kier molecular flexibility index (Phi) is 2.49. The number of hydrogen-bond acceptors (Lipinski definition) is 4. The molecule has 2 aromatic rings. The summed E-state index contributed by atoms with van der Waals surface area (Å²) in [5.74, 6) is 0. The molecular formula is C10H7N3O2S. The van der Waals surface area contributed by atoms with Crippen LogP contribution in [0.1, 0.15) is 0 Å². The highest BCUT2D eigenvalue weighted by molar-refractivity contribution is 7.80. The third-order valence-electron chi connectivity index (χ3n) is 2.12. The number of benzene rings is 1. The number of thiocarbonyl (C=S) groups is 1. The van der Waals surface area contributed by atoms with Crippen molar-refractivity contribution in [3.8, 4) is 0 Å². The normalized spacial score (nSPS) is 10.2. The van der Waals surface area contributed by atoms with Crippen LogP contribution < -0.4 is 27.4 Å². The van der Waals surface area contributed by atoms with Crippen LogP contribution in [0.4, 0.5) is 0 Å². The van der Waals surface area contributed by atoms with Crippen molar-refractivity contribution in [2.75, 3.05) is 0 Å². The molecular weight excluding hydrogens is 226 g/mol. The van der Waals surface area contributed by atoms with Crippen LogP contribution in [0.15, 0.2) is 39.0 Å². The second kappa shape index (κ2) is 3.82. The van der Waals surface area contributed by atoms with Gasteiger partial charge in [-0.2, -0.15) is 5.10 Å². The Morgan fingerprint density at radius 1 is 1.19 bits per heavy atom. The van der Waals surface area contributed by atoms with Crippen LogP contribution in [0.5, 0.6) is 0 Å². The fourth-order valence-corrected chi connectivity index (χ4v) is 1.50. The number of hydrogen-bond donors (Lipinski definition) is 2. The van der Waals surface area contributed by atoms with Gasteiger partial charge in [0.15, 0.2) is 10.5 Å². The Labute approximate surface area is 94.9 Å². The number of nitrogens with two attached hydrogens (primary N) is 1. The molecule has 2 aromatic carbocycles. The maximum Gasteiger partial charge on any atom is 0.217 e. The van der Waals surface area contributed by atoms with Crippen molar-refractivity contribution in [3.05, 3.63) is 50.1 Å². The van der Waals surface area contributed by atoms with Gasteiger partial charge in [-0.1, -0.05) is 24.3 Å². The molecule has 0 bridgehead atoms. The van der Waals surface area contributed by atoms with Gasteiger partial charge in [-0.25, -0.2) is 0 Å². The average Bonchev–Trinajstić information content (AvgIpc) is 2.50. The van der Waals surface area contributed by atoms with Gasteiger partial charge in [0.2, 0.25) is 10.9 Å². The minimum Gasteiger partial charge on any atom is -0.375 e. The molecule has 0 radical (unpaired) electrons. The molecule has 0 aliphatic rings. The molecule has 80 valence electrons. The smallest absolute Gasteiger partial charge is 0.217 e. The van der Waals surface area contributed by atoms with Crippen LogP contribution in [0, 0.1) is 0 Å². The van der Waals surface area contributed by atoms with Gasteiger partial charge in [0, 0.05) is 10.8 Å². The first kappa shape index (κ1) is 10.4. The van der Waals surface area contributed by atoms with Crippen LogP contribution in [0.25, 0.3) is 10.8 Å². The van der Waals surface area contributed by atoms with E-state index in [4.69, 9.17) is 5.73 Å².